The van der Waals surface area contributed by atoms with Gasteiger partial charge in [-0.15, -0.1) is 0 Å². The quantitative estimate of drug-likeness (QED) is 0.0136. The van der Waals surface area contributed by atoms with Crippen molar-refractivity contribution in [3.8, 4) is 5.75 Å². The maximum atomic E-state index is 13.9. The molecule has 0 aliphatic carbocycles. The first-order valence-corrected chi connectivity index (χ1v) is 31.5. The lowest BCUT2D eigenvalue weighted by molar-refractivity contribution is -0.179. The minimum Gasteiger partial charge on any atom is -0.495 e. The minimum absolute atomic E-state index is 0.0139. The molecule has 6 amide bonds. The molecule has 1 fully saturated rings. The Morgan fingerprint density at radius 1 is 0.780 bits per heavy atom. The first kappa shape index (κ1) is 74.4. The Labute approximate surface area is 539 Å². The normalized spacial score (nSPS) is 19.9. The number of alkyl carbamates (subject to hydrolysis) is 1. The number of rotatable bonds is 33. The van der Waals surface area contributed by atoms with Crippen LogP contribution in [0.15, 0.2) is 78.9 Å². The molecule has 0 radical (unpaired) electrons. The molecule has 0 spiro atoms. The molecular formula is C66H94ClN7O17. The first-order valence-electron chi connectivity index (χ1n) is 31.1. The number of hydrogen-bond acceptors (Lipinski definition) is 18. The Balaban J connectivity index is 0.964. The number of benzene rings is 3. The molecular weight excluding hydrogens is 1200 g/mol. The molecule has 2 heterocycles. The van der Waals surface area contributed by atoms with E-state index in [9.17, 15) is 38.4 Å². The van der Waals surface area contributed by atoms with Crippen molar-refractivity contribution in [3.05, 3.63) is 106 Å². The Hall–Kier alpha value is -7.35. The van der Waals surface area contributed by atoms with Crippen LogP contribution in [0.1, 0.15) is 122 Å². The van der Waals surface area contributed by atoms with E-state index in [0.29, 0.717) is 54.0 Å². The van der Waals surface area contributed by atoms with Gasteiger partial charge in [0, 0.05) is 56.5 Å². The average molecular weight is 1290 g/mol. The summed E-state index contributed by atoms with van der Waals surface area (Å²) in [6, 6.07) is 17.7. The largest absolute Gasteiger partial charge is 0.495 e. The van der Waals surface area contributed by atoms with Gasteiger partial charge in [-0.2, -0.15) is 0 Å². The third-order valence-corrected chi connectivity index (χ3v) is 15.4. The lowest BCUT2D eigenvalue weighted by Gasteiger charge is -2.29. The number of nitrogens with two attached hydrogens (primary N) is 1. The molecule has 5 rings (SSSR count). The number of unbranched alkanes of at least 4 members (excludes halogenated alkanes) is 1. The zero-order valence-corrected chi connectivity index (χ0v) is 54.7. The molecule has 0 unspecified atom stereocenters. The van der Waals surface area contributed by atoms with Crippen LogP contribution in [-0.4, -0.2) is 151 Å². The lowest BCUT2D eigenvalue weighted by Crippen LogP contribution is -2.51. The van der Waals surface area contributed by atoms with E-state index in [1.807, 2.05) is 65.8 Å². The number of ether oxygens (including phenoxy) is 9. The SMILES string of the molecule is COc1ccc(C[C@H]2NC(=O)/C=C\C[C@@H]([C@H](C)[C@H]3O[C@@H]3c3ccc(CNC(=O)OCc4ccc(NC(=O)OCCOCCOCCOCCC(=O)NCCCC[C@H](C)NC(=O)[C@@H](N)C(C)C)cc4)cc3)OC(=O)[C@H](CC(C)C)OC(=O)C(C)(C)CNC2=O)cc1Cl. The Morgan fingerprint density at radius 3 is 2.10 bits per heavy atom. The number of halogens is 1. The van der Waals surface area contributed by atoms with Crippen molar-refractivity contribution in [2.75, 3.05) is 71.8 Å². The highest BCUT2D eigenvalue weighted by atomic mass is 35.5. The molecule has 3 aromatic carbocycles. The van der Waals surface area contributed by atoms with Gasteiger partial charge in [0.05, 0.1) is 69.3 Å². The standard InChI is InChI=1S/C66H94ClN7O17/c1-41(2)35-54-62(79)89-52(14-12-15-56(76)74-51(37-47-20-25-53(83-9)50(67)36-47)60(77)71-40-66(7,8)63(80)90-54)44(6)58-59(91-58)48-21-16-45(17-22-48)38-70-64(81)88-39-46-18-23-49(24-19-46)73-65(82)87-34-33-86-32-31-85-30-29-84-28-26-55(75)69-27-11-10-13-43(5)72-61(78)57(68)42(3)4/h12,15-25,36,41-44,51-52,54,57-59H,10-11,13-14,26-35,37-40,68H2,1-9H3,(H,69,75)(H,70,81)(H,71,77)(H,72,78)(H,73,82)(H,74,76)/b15-12-/t43-,44-,51+,52-,54-,57-,58+,59+/m0/s1. The highest BCUT2D eigenvalue weighted by Gasteiger charge is 2.48. The van der Waals surface area contributed by atoms with Crippen molar-refractivity contribution < 1.29 is 81.0 Å². The predicted molar refractivity (Wildman–Crippen MR) is 339 cm³/mol. The zero-order valence-electron chi connectivity index (χ0n) is 53.9. The van der Waals surface area contributed by atoms with Crippen molar-refractivity contribution in [1.29, 1.82) is 0 Å². The third kappa shape index (κ3) is 27.2. The van der Waals surface area contributed by atoms with Gasteiger partial charge in [-0.3, -0.25) is 29.3 Å². The average Bonchev–Trinajstić information content (AvgIpc) is 1.66. The summed E-state index contributed by atoms with van der Waals surface area (Å²) in [5.74, 6) is -2.71. The number of carbonyl (C=O) groups is 8. The van der Waals surface area contributed by atoms with E-state index in [1.165, 1.54) is 13.2 Å². The van der Waals surface area contributed by atoms with Crippen LogP contribution < -0.4 is 42.4 Å². The molecule has 8 atom stereocenters. The second-order valence-corrected chi connectivity index (χ2v) is 24.5. The summed E-state index contributed by atoms with van der Waals surface area (Å²) in [4.78, 5) is 104. The summed E-state index contributed by atoms with van der Waals surface area (Å²) in [6.45, 7) is 16.9. The fraction of sp³-hybridized carbons (Fsp3) is 0.576. The van der Waals surface area contributed by atoms with E-state index in [0.717, 1.165) is 30.4 Å². The zero-order chi connectivity index (χ0) is 66.5. The van der Waals surface area contributed by atoms with E-state index in [1.54, 1.807) is 62.4 Å². The van der Waals surface area contributed by atoms with Crippen LogP contribution in [0, 0.1) is 23.2 Å². The van der Waals surface area contributed by atoms with Gasteiger partial charge in [0.2, 0.25) is 23.6 Å². The van der Waals surface area contributed by atoms with Gasteiger partial charge in [-0.1, -0.05) is 94.8 Å². The molecule has 3 aromatic rings. The molecule has 1 saturated heterocycles. The van der Waals surface area contributed by atoms with Crippen molar-refractivity contribution in [1.82, 2.24) is 26.6 Å². The first-order chi connectivity index (χ1) is 43.4. The summed E-state index contributed by atoms with van der Waals surface area (Å²) in [5.41, 5.74) is 8.08. The maximum Gasteiger partial charge on any atom is 0.411 e. The van der Waals surface area contributed by atoms with Gasteiger partial charge in [0.15, 0.2) is 6.10 Å². The van der Waals surface area contributed by atoms with E-state index < -0.39 is 71.6 Å². The summed E-state index contributed by atoms with van der Waals surface area (Å²) in [7, 11) is 1.49. The van der Waals surface area contributed by atoms with E-state index in [-0.39, 0.29) is 114 Å². The van der Waals surface area contributed by atoms with Crippen molar-refractivity contribution in [2.45, 2.75) is 156 Å². The smallest absolute Gasteiger partial charge is 0.411 e. The lowest BCUT2D eigenvalue weighted by atomic mass is 9.92. The number of nitrogens with one attached hydrogen (secondary N) is 6. The molecule has 502 valence electrons. The number of cyclic esters (lactones) is 2. The van der Waals surface area contributed by atoms with Gasteiger partial charge in [-0.05, 0) is 111 Å². The summed E-state index contributed by atoms with van der Waals surface area (Å²) >= 11 is 6.38. The fourth-order valence-corrected chi connectivity index (χ4v) is 9.65. The molecule has 2 aliphatic rings. The molecule has 0 aromatic heterocycles. The van der Waals surface area contributed by atoms with Gasteiger partial charge in [0.1, 0.15) is 37.2 Å². The Kier molecular flexibility index (Phi) is 31.5. The van der Waals surface area contributed by atoms with Crippen LogP contribution >= 0.6 is 11.6 Å². The van der Waals surface area contributed by atoms with E-state index >= 15 is 0 Å². The highest BCUT2D eigenvalue weighted by molar-refractivity contribution is 6.32. The minimum atomic E-state index is -1.27. The van der Waals surface area contributed by atoms with Crippen LogP contribution in [0.5, 0.6) is 5.75 Å². The maximum absolute atomic E-state index is 13.9. The van der Waals surface area contributed by atoms with Crippen LogP contribution in [-0.2, 0) is 86.2 Å². The monoisotopic (exact) mass is 1290 g/mol. The highest BCUT2D eigenvalue weighted by Crippen LogP contribution is 2.45. The third-order valence-electron chi connectivity index (χ3n) is 15.1. The number of hydrogen-bond donors (Lipinski definition) is 7. The second kappa shape index (κ2) is 38.5. The molecule has 91 heavy (non-hydrogen) atoms. The molecule has 2 aliphatic heterocycles. The molecule has 0 bridgehead atoms. The summed E-state index contributed by atoms with van der Waals surface area (Å²) < 4.78 is 50.5. The van der Waals surface area contributed by atoms with Crippen molar-refractivity contribution >= 4 is 65.0 Å². The van der Waals surface area contributed by atoms with E-state index in [2.05, 4.69) is 31.9 Å². The number of anilines is 1. The van der Waals surface area contributed by atoms with Crippen LogP contribution in [0.3, 0.4) is 0 Å². The summed E-state index contributed by atoms with van der Waals surface area (Å²) in [5, 5.41) is 17.1. The number of methoxy groups -OCH3 is 1. The molecule has 24 nitrogen and oxygen atoms in total. The number of epoxide rings is 1. The van der Waals surface area contributed by atoms with E-state index in [4.69, 9.17) is 60.0 Å². The summed E-state index contributed by atoms with van der Waals surface area (Å²) in [6.07, 6.45) is 1.83. The Bertz CT molecular complexity index is 2860. The molecule has 25 heteroatoms. The Morgan fingerprint density at radius 2 is 1.44 bits per heavy atom. The van der Waals surface area contributed by atoms with Gasteiger partial charge >= 0.3 is 24.1 Å². The topological polar surface area (TPSA) is 321 Å². The van der Waals surface area contributed by atoms with Gasteiger partial charge in [0.25, 0.3) is 0 Å². The second-order valence-electron chi connectivity index (χ2n) is 24.1. The number of esters is 2. The van der Waals surface area contributed by atoms with Crippen molar-refractivity contribution in [3.63, 3.8) is 0 Å². The van der Waals surface area contributed by atoms with Crippen LogP contribution in [0.4, 0.5) is 15.3 Å². The van der Waals surface area contributed by atoms with Gasteiger partial charge < -0.3 is 74.9 Å². The fourth-order valence-electron chi connectivity index (χ4n) is 9.37. The number of amides is 6. The predicted octanol–water partition coefficient (Wildman–Crippen LogP) is 7.31. The van der Waals surface area contributed by atoms with Gasteiger partial charge in [-0.25, -0.2) is 14.4 Å². The number of carbonyl (C=O) groups excluding carboxylic acids is 8. The van der Waals surface area contributed by atoms with Crippen LogP contribution in [0.2, 0.25) is 5.02 Å². The van der Waals surface area contributed by atoms with Crippen molar-refractivity contribution in [2.24, 2.45) is 28.9 Å². The van der Waals surface area contributed by atoms with Crippen LogP contribution in [0.25, 0.3) is 0 Å². The molecule has 0 saturated carbocycles. The molecule has 8 N–H and O–H groups in total.